The number of nitrogens with two attached hydrogens (primary N) is 1. The zero-order valence-corrected chi connectivity index (χ0v) is 11.4. The van der Waals surface area contributed by atoms with E-state index < -0.39 is 0 Å². The second-order valence-corrected chi connectivity index (χ2v) is 4.54. The van der Waals surface area contributed by atoms with Crippen molar-refractivity contribution in [3.05, 3.63) is 30.1 Å². The molecule has 1 amide bonds. The topological polar surface area (TPSA) is 106 Å². The minimum absolute atomic E-state index is 0.0612. The molecule has 0 aliphatic heterocycles. The molecule has 1 aromatic carbocycles. The Morgan fingerprint density at radius 1 is 1.50 bits per heavy atom. The van der Waals surface area contributed by atoms with E-state index in [1.165, 1.54) is 0 Å². The normalized spacial score (nSPS) is 10.6. The Labute approximate surface area is 116 Å². The van der Waals surface area contributed by atoms with Gasteiger partial charge in [-0.25, -0.2) is 10.8 Å². The number of hydrazine groups is 1. The van der Waals surface area contributed by atoms with Crippen LogP contribution in [0.4, 0.5) is 0 Å². The number of nitrogens with one attached hydrogen (secondary N) is 2. The molecule has 0 saturated carbocycles. The number of aromatic amines is 1. The SMILES string of the molecule is CC(C)Oc1cccc(-c2n[nH]c(CC(=O)NN)n2)c1. The summed E-state index contributed by atoms with van der Waals surface area (Å²) in [7, 11) is 0. The molecule has 20 heavy (non-hydrogen) atoms. The summed E-state index contributed by atoms with van der Waals surface area (Å²) >= 11 is 0. The lowest BCUT2D eigenvalue weighted by molar-refractivity contribution is -0.120. The molecular weight excluding hydrogens is 258 g/mol. The van der Waals surface area contributed by atoms with Crippen molar-refractivity contribution >= 4 is 5.91 Å². The highest BCUT2D eigenvalue weighted by Crippen LogP contribution is 2.21. The summed E-state index contributed by atoms with van der Waals surface area (Å²) < 4.78 is 5.62. The molecule has 0 unspecified atom stereocenters. The Hall–Kier alpha value is -2.41. The number of benzene rings is 1. The van der Waals surface area contributed by atoms with E-state index in [1.54, 1.807) is 0 Å². The van der Waals surface area contributed by atoms with Crippen LogP contribution in [0.2, 0.25) is 0 Å². The Balaban J connectivity index is 2.17. The minimum atomic E-state index is -0.329. The summed E-state index contributed by atoms with van der Waals surface area (Å²) in [5, 5.41) is 6.79. The van der Waals surface area contributed by atoms with Crippen LogP contribution in [-0.2, 0) is 11.2 Å². The van der Waals surface area contributed by atoms with E-state index >= 15 is 0 Å². The van der Waals surface area contributed by atoms with Gasteiger partial charge < -0.3 is 4.74 Å². The van der Waals surface area contributed by atoms with Crippen LogP contribution in [0.3, 0.4) is 0 Å². The lowest BCUT2D eigenvalue weighted by Crippen LogP contribution is -2.31. The number of hydrogen-bond donors (Lipinski definition) is 3. The van der Waals surface area contributed by atoms with Gasteiger partial charge in [-0.2, -0.15) is 5.10 Å². The fourth-order valence-electron chi connectivity index (χ4n) is 1.69. The summed E-state index contributed by atoms with van der Waals surface area (Å²) in [4.78, 5) is 15.4. The van der Waals surface area contributed by atoms with Crippen molar-refractivity contribution in [3.63, 3.8) is 0 Å². The van der Waals surface area contributed by atoms with Crippen LogP contribution in [0.5, 0.6) is 5.75 Å². The van der Waals surface area contributed by atoms with E-state index in [-0.39, 0.29) is 18.4 Å². The first-order valence-corrected chi connectivity index (χ1v) is 6.26. The zero-order valence-electron chi connectivity index (χ0n) is 11.4. The Morgan fingerprint density at radius 3 is 3.00 bits per heavy atom. The standard InChI is InChI=1S/C13H17N5O2/c1-8(2)20-10-5-3-4-9(6-10)13-15-11(17-18-13)7-12(19)16-14/h3-6,8H,7,14H2,1-2H3,(H,16,19)(H,15,17,18). The van der Waals surface area contributed by atoms with Gasteiger partial charge in [0.25, 0.3) is 0 Å². The molecule has 2 rings (SSSR count). The predicted molar refractivity (Wildman–Crippen MR) is 73.6 cm³/mol. The fraction of sp³-hybridized carbons (Fsp3) is 0.308. The first-order valence-electron chi connectivity index (χ1n) is 6.26. The molecule has 0 spiro atoms. The van der Waals surface area contributed by atoms with Gasteiger partial charge in [-0.3, -0.25) is 15.3 Å². The van der Waals surface area contributed by atoms with E-state index in [9.17, 15) is 4.79 Å². The monoisotopic (exact) mass is 275 g/mol. The van der Waals surface area contributed by atoms with Gasteiger partial charge in [0, 0.05) is 5.56 Å². The van der Waals surface area contributed by atoms with Crippen molar-refractivity contribution in [2.24, 2.45) is 5.84 Å². The van der Waals surface area contributed by atoms with Crippen molar-refractivity contribution in [2.45, 2.75) is 26.4 Å². The third kappa shape index (κ3) is 3.55. The number of aromatic nitrogens is 3. The number of hydrogen-bond acceptors (Lipinski definition) is 5. The van der Waals surface area contributed by atoms with E-state index in [0.717, 1.165) is 11.3 Å². The van der Waals surface area contributed by atoms with Gasteiger partial charge in [0.15, 0.2) is 5.82 Å². The summed E-state index contributed by atoms with van der Waals surface area (Å²) in [6, 6.07) is 7.48. The molecule has 7 nitrogen and oxygen atoms in total. The molecule has 1 aromatic heterocycles. The third-order valence-corrected chi connectivity index (χ3v) is 2.48. The molecule has 0 saturated heterocycles. The first-order chi connectivity index (χ1) is 9.58. The number of H-pyrrole nitrogens is 1. The second-order valence-electron chi connectivity index (χ2n) is 4.54. The van der Waals surface area contributed by atoms with Gasteiger partial charge >= 0.3 is 0 Å². The van der Waals surface area contributed by atoms with Crippen molar-refractivity contribution < 1.29 is 9.53 Å². The first kappa shape index (κ1) is 14.0. The van der Waals surface area contributed by atoms with Gasteiger partial charge in [0.2, 0.25) is 5.91 Å². The van der Waals surface area contributed by atoms with Gasteiger partial charge in [0.05, 0.1) is 12.5 Å². The fourth-order valence-corrected chi connectivity index (χ4v) is 1.69. The predicted octanol–water partition coefficient (Wildman–Crippen LogP) is 0.791. The highest BCUT2D eigenvalue weighted by molar-refractivity contribution is 5.77. The molecule has 0 aliphatic carbocycles. The molecule has 0 atom stereocenters. The molecule has 0 bridgehead atoms. The lowest BCUT2D eigenvalue weighted by Gasteiger charge is -2.09. The van der Waals surface area contributed by atoms with Gasteiger partial charge in [-0.15, -0.1) is 0 Å². The molecule has 7 heteroatoms. The Morgan fingerprint density at radius 2 is 2.30 bits per heavy atom. The molecule has 0 radical (unpaired) electrons. The number of carbonyl (C=O) groups excluding carboxylic acids is 1. The average Bonchev–Trinajstić information content (AvgIpc) is 2.86. The number of rotatable bonds is 5. The maximum atomic E-state index is 11.2. The van der Waals surface area contributed by atoms with Crippen molar-refractivity contribution in [1.82, 2.24) is 20.6 Å². The van der Waals surface area contributed by atoms with E-state index in [0.29, 0.717) is 11.6 Å². The lowest BCUT2D eigenvalue weighted by atomic mass is 10.2. The number of amides is 1. The Bertz CT molecular complexity index is 594. The maximum absolute atomic E-state index is 11.2. The molecule has 106 valence electrons. The number of nitrogens with zero attached hydrogens (tertiary/aromatic N) is 2. The summed E-state index contributed by atoms with van der Waals surface area (Å²) in [6.45, 7) is 3.92. The summed E-state index contributed by atoms with van der Waals surface area (Å²) in [5.41, 5.74) is 2.86. The van der Waals surface area contributed by atoms with Gasteiger partial charge in [-0.05, 0) is 26.0 Å². The van der Waals surface area contributed by atoms with E-state index in [1.807, 2.05) is 43.5 Å². The van der Waals surface area contributed by atoms with Crippen molar-refractivity contribution in [1.29, 1.82) is 0 Å². The molecule has 1 heterocycles. The van der Waals surface area contributed by atoms with Crippen LogP contribution in [-0.4, -0.2) is 27.2 Å². The van der Waals surface area contributed by atoms with Crippen LogP contribution in [0, 0.1) is 0 Å². The Kier molecular flexibility index (Phi) is 4.31. The van der Waals surface area contributed by atoms with E-state index in [2.05, 4.69) is 15.2 Å². The average molecular weight is 275 g/mol. The zero-order chi connectivity index (χ0) is 14.5. The molecule has 0 fully saturated rings. The smallest absolute Gasteiger partial charge is 0.241 e. The molecule has 0 aliphatic rings. The molecule has 2 aromatic rings. The number of ether oxygens (including phenoxy) is 1. The largest absolute Gasteiger partial charge is 0.491 e. The maximum Gasteiger partial charge on any atom is 0.241 e. The van der Waals surface area contributed by atoms with Crippen LogP contribution in [0.1, 0.15) is 19.7 Å². The number of carbonyl (C=O) groups is 1. The second kappa shape index (κ2) is 6.16. The van der Waals surface area contributed by atoms with Gasteiger partial charge in [-0.1, -0.05) is 12.1 Å². The molecule has 4 N–H and O–H groups in total. The highest BCUT2D eigenvalue weighted by atomic mass is 16.5. The minimum Gasteiger partial charge on any atom is -0.491 e. The van der Waals surface area contributed by atoms with Crippen molar-refractivity contribution in [3.8, 4) is 17.1 Å². The quantitative estimate of drug-likeness (QED) is 0.425. The van der Waals surface area contributed by atoms with Gasteiger partial charge in [0.1, 0.15) is 11.6 Å². The highest BCUT2D eigenvalue weighted by Gasteiger charge is 2.10. The van der Waals surface area contributed by atoms with E-state index in [4.69, 9.17) is 10.6 Å². The van der Waals surface area contributed by atoms with Crippen LogP contribution in [0.25, 0.3) is 11.4 Å². The summed E-state index contributed by atoms with van der Waals surface area (Å²) in [5.74, 6) is 6.42. The van der Waals surface area contributed by atoms with Crippen molar-refractivity contribution in [2.75, 3.05) is 0 Å². The molecular formula is C13H17N5O2. The summed E-state index contributed by atoms with van der Waals surface area (Å²) in [6.07, 6.45) is 0.160. The van der Waals surface area contributed by atoms with Crippen LogP contribution in [0.15, 0.2) is 24.3 Å². The van der Waals surface area contributed by atoms with Crippen LogP contribution >= 0.6 is 0 Å². The third-order valence-electron chi connectivity index (χ3n) is 2.48. The van der Waals surface area contributed by atoms with Crippen LogP contribution < -0.4 is 16.0 Å².